The lowest BCUT2D eigenvalue weighted by molar-refractivity contribution is 0.0997. The smallest absolute Gasteiger partial charge is 0.252 e. The highest BCUT2D eigenvalue weighted by molar-refractivity contribution is 7.11. The molecule has 0 aliphatic heterocycles. The topological polar surface area (TPSA) is 114 Å². The fourth-order valence-electron chi connectivity index (χ4n) is 1.95. The number of fused-ring (bicyclic) bond motifs is 1. The molecular weight excluding hydrogens is 302 g/mol. The van der Waals surface area contributed by atoms with E-state index in [0.29, 0.717) is 21.9 Å². The van der Waals surface area contributed by atoms with Crippen molar-refractivity contribution in [1.82, 2.24) is 9.36 Å². The van der Waals surface area contributed by atoms with Gasteiger partial charge in [0.25, 0.3) is 5.91 Å². The molecule has 0 atom stereocenters. The Morgan fingerprint density at radius 1 is 1.36 bits per heavy atom. The third-order valence-corrected chi connectivity index (χ3v) is 3.78. The summed E-state index contributed by atoms with van der Waals surface area (Å²) in [5.74, 6) is -0.857. The maximum atomic E-state index is 11.3. The summed E-state index contributed by atoms with van der Waals surface area (Å²) in [7, 11) is 0. The van der Waals surface area contributed by atoms with Crippen molar-refractivity contribution >= 4 is 39.2 Å². The van der Waals surface area contributed by atoms with Gasteiger partial charge in [-0.3, -0.25) is 4.79 Å². The fourth-order valence-corrected chi connectivity index (χ4v) is 2.61. The van der Waals surface area contributed by atoms with Crippen LogP contribution in [0.1, 0.15) is 15.9 Å². The zero-order valence-corrected chi connectivity index (χ0v) is 12.3. The van der Waals surface area contributed by atoms with Gasteiger partial charge in [0.15, 0.2) is 10.6 Å². The number of carbonyl (C=O) groups is 1. The van der Waals surface area contributed by atoms with E-state index in [0.717, 1.165) is 5.39 Å². The number of rotatable bonds is 3. The van der Waals surface area contributed by atoms with Gasteiger partial charge in [0.1, 0.15) is 5.75 Å². The third kappa shape index (κ3) is 2.51. The molecule has 2 heterocycles. The van der Waals surface area contributed by atoms with Crippen molar-refractivity contribution in [2.75, 3.05) is 0 Å². The van der Waals surface area contributed by atoms with Gasteiger partial charge >= 0.3 is 0 Å². The number of phenols is 1. The molecular formula is C14H11N5O2S. The second-order valence-corrected chi connectivity index (χ2v) is 5.34. The van der Waals surface area contributed by atoms with Gasteiger partial charge in [-0.1, -0.05) is 0 Å². The van der Waals surface area contributed by atoms with E-state index < -0.39 is 5.91 Å². The van der Waals surface area contributed by atoms with Crippen molar-refractivity contribution in [2.24, 2.45) is 16.0 Å². The number of nitrogens with zero attached hydrogens (tertiary/aromatic N) is 4. The lowest BCUT2D eigenvalue weighted by Gasteiger charge is -2.04. The Labute approximate surface area is 129 Å². The number of hydrogen-bond acceptors (Lipinski definition) is 7. The van der Waals surface area contributed by atoms with Crippen LogP contribution in [0, 0.1) is 6.92 Å². The molecule has 0 saturated heterocycles. The predicted octanol–water partition coefficient (Wildman–Crippen LogP) is 3.22. The van der Waals surface area contributed by atoms with E-state index in [9.17, 15) is 9.90 Å². The van der Waals surface area contributed by atoms with Crippen LogP contribution in [0.25, 0.3) is 11.0 Å². The molecule has 0 radical (unpaired) electrons. The van der Waals surface area contributed by atoms with Crippen LogP contribution < -0.4 is 5.73 Å². The molecule has 0 saturated carbocycles. The van der Waals surface area contributed by atoms with E-state index in [1.54, 1.807) is 25.3 Å². The van der Waals surface area contributed by atoms with Crippen LogP contribution in [0.3, 0.4) is 0 Å². The van der Waals surface area contributed by atoms with Crippen molar-refractivity contribution in [3.8, 4) is 5.75 Å². The first kappa shape index (κ1) is 14.1. The summed E-state index contributed by atoms with van der Waals surface area (Å²) in [6.45, 7) is 1.66. The van der Waals surface area contributed by atoms with E-state index in [2.05, 4.69) is 19.6 Å². The van der Waals surface area contributed by atoms with E-state index in [1.807, 2.05) is 6.07 Å². The van der Waals surface area contributed by atoms with Crippen LogP contribution in [0.15, 0.2) is 40.7 Å². The number of nitrogens with two attached hydrogens (primary N) is 1. The Morgan fingerprint density at radius 3 is 2.95 bits per heavy atom. The van der Waals surface area contributed by atoms with Crippen molar-refractivity contribution in [3.63, 3.8) is 0 Å². The first-order valence-corrected chi connectivity index (χ1v) is 7.09. The molecule has 0 fully saturated rings. The van der Waals surface area contributed by atoms with Gasteiger partial charge in [0.05, 0.1) is 16.6 Å². The highest BCUT2D eigenvalue weighted by Gasteiger charge is 2.12. The summed E-state index contributed by atoms with van der Waals surface area (Å²) in [5, 5.41) is 19.5. The minimum atomic E-state index is -0.718. The summed E-state index contributed by atoms with van der Waals surface area (Å²) in [5.41, 5.74) is 6.79. The molecule has 3 N–H and O–H groups in total. The Hall–Kier alpha value is -2.87. The average Bonchev–Trinajstić information content (AvgIpc) is 2.91. The van der Waals surface area contributed by atoms with Crippen molar-refractivity contribution in [3.05, 3.63) is 41.6 Å². The Kier molecular flexibility index (Phi) is 3.51. The number of carbonyl (C=O) groups excluding carboxylic acids is 1. The summed E-state index contributed by atoms with van der Waals surface area (Å²) < 4.78 is 4.17. The molecule has 0 unspecified atom stereocenters. The zero-order chi connectivity index (χ0) is 15.7. The summed E-state index contributed by atoms with van der Waals surface area (Å²) >= 11 is 1.19. The largest absolute Gasteiger partial charge is 0.507 e. The van der Waals surface area contributed by atoms with Gasteiger partial charge in [0, 0.05) is 6.20 Å². The van der Waals surface area contributed by atoms with E-state index in [1.165, 1.54) is 17.6 Å². The van der Waals surface area contributed by atoms with Crippen molar-refractivity contribution in [1.29, 1.82) is 0 Å². The number of amides is 1. The minimum absolute atomic E-state index is 0.0183. The van der Waals surface area contributed by atoms with Crippen LogP contribution >= 0.6 is 11.5 Å². The predicted molar refractivity (Wildman–Crippen MR) is 83.0 cm³/mol. The van der Waals surface area contributed by atoms with Gasteiger partial charge in [-0.05, 0) is 48.3 Å². The molecule has 2 aromatic heterocycles. The molecule has 8 heteroatoms. The highest BCUT2D eigenvalue weighted by Crippen LogP contribution is 2.32. The Balaban J connectivity index is 2.01. The first-order valence-electron chi connectivity index (χ1n) is 6.32. The number of azo groups is 1. The molecule has 3 rings (SSSR count). The van der Waals surface area contributed by atoms with Crippen LogP contribution in [0.4, 0.5) is 10.7 Å². The van der Waals surface area contributed by atoms with Crippen LogP contribution in [0.5, 0.6) is 5.75 Å². The zero-order valence-electron chi connectivity index (χ0n) is 11.5. The second kappa shape index (κ2) is 5.49. The molecule has 1 aromatic carbocycles. The molecule has 22 heavy (non-hydrogen) atoms. The SMILES string of the molecule is Cc1cc(/N=N/c2snc3ncccc23)cc(C(N)=O)c1O. The Morgan fingerprint density at radius 2 is 2.18 bits per heavy atom. The monoisotopic (exact) mass is 313 g/mol. The average molecular weight is 313 g/mol. The van der Waals surface area contributed by atoms with E-state index in [-0.39, 0.29) is 11.3 Å². The van der Waals surface area contributed by atoms with Crippen molar-refractivity contribution in [2.45, 2.75) is 6.92 Å². The lowest BCUT2D eigenvalue weighted by Crippen LogP contribution is -2.11. The standard InChI is InChI=1S/C14H11N5O2S/c1-7-5-8(6-10(11(7)20)12(15)21)17-18-14-9-3-2-4-16-13(9)19-22-14/h2-6,20H,1H3,(H2,15,21)/b18-17+. The highest BCUT2D eigenvalue weighted by atomic mass is 32.1. The van der Waals surface area contributed by atoms with Crippen molar-refractivity contribution < 1.29 is 9.90 Å². The van der Waals surface area contributed by atoms with Gasteiger partial charge in [-0.25, -0.2) is 4.98 Å². The van der Waals surface area contributed by atoms with Crippen LogP contribution in [-0.4, -0.2) is 20.4 Å². The summed E-state index contributed by atoms with van der Waals surface area (Å²) in [6, 6.07) is 6.67. The van der Waals surface area contributed by atoms with Crippen LogP contribution in [-0.2, 0) is 0 Å². The number of aromatic nitrogens is 2. The second-order valence-electron chi connectivity index (χ2n) is 4.59. The molecule has 1 amide bonds. The maximum Gasteiger partial charge on any atom is 0.252 e. The number of pyridine rings is 1. The third-order valence-electron chi connectivity index (χ3n) is 3.04. The normalized spacial score (nSPS) is 11.3. The number of aryl methyl sites for hydroxylation is 1. The number of aromatic hydroxyl groups is 1. The number of primary amides is 1. The molecule has 0 bridgehead atoms. The summed E-state index contributed by atoms with van der Waals surface area (Å²) in [6.07, 6.45) is 1.66. The van der Waals surface area contributed by atoms with Gasteiger partial charge in [-0.15, -0.1) is 10.2 Å². The van der Waals surface area contributed by atoms with Crippen LogP contribution in [0.2, 0.25) is 0 Å². The fraction of sp³-hybridized carbons (Fsp3) is 0.0714. The Bertz CT molecular complexity index is 903. The number of benzene rings is 1. The first-order chi connectivity index (χ1) is 10.6. The number of hydrogen-bond donors (Lipinski definition) is 2. The molecule has 3 aromatic rings. The van der Waals surface area contributed by atoms with Gasteiger partial charge in [0.2, 0.25) is 0 Å². The summed E-state index contributed by atoms with van der Waals surface area (Å²) in [4.78, 5) is 15.4. The minimum Gasteiger partial charge on any atom is -0.507 e. The molecule has 110 valence electrons. The molecule has 0 aliphatic rings. The maximum absolute atomic E-state index is 11.3. The quantitative estimate of drug-likeness (QED) is 0.722. The van der Waals surface area contributed by atoms with E-state index >= 15 is 0 Å². The van der Waals surface area contributed by atoms with Gasteiger partial charge < -0.3 is 10.8 Å². The van der Waals surface area contributed by atoms with Gasteiger partial charge in [-0.2, -0.15) is 4.37 Å². The molecule has 7 nitrogen and oxygen atoms in total. The lowest BCUT2D eigenvalue weighted by atomic mass is 10.1. The molecule has 0 aliphatic carbocycles. The molecule has 0 spiro atoms. The van der Waals surface area contributed by atoms with E-state index in [4.69, 9.17) is 5.73 Å².